The summed E-state index contributed by atoms with van der Waals surface area (Å²) in [5.74, 6) is 0.810. The fourth-order valence-electron chi connectivity index (χ4n) is 3.05. The van der Waals surface area contributed by atoms with Gasteiger partial charge in [-0.1, -0.05) is 36.8 Å². The molecular formula is C18H24N4O2S. The van der Waals surface area contributed by atoms with Gasteiger partial charge in [-0.15, -0.1) is 0 Å². The Hall–Kier alpha value is -1.96. The molecule has 3 rings (SSSR count). The molecule has 2 aromatic rings. The normalized spacial score (nSPS) is 20.3. The van der Waals surface area contributed by atoms with E-state index in [-0.39, 0.29) is 6.04 Å². The Balaban J connectivity index is 1.76. The summed E-state index contributed by atoms with van der Waals surface area (Å²) in [6, 6.07) is 7.74. The van der Waals surface area contributed by atoms with E-state index < -0.39 is 10.0 Å². The minimum atomic E-state index is -3.46. The van der Waals surface area contributed by atoms with Gasteiger partial charge in [0.2, 0.25) is 10.0 Å². The Bertz CT molecular complexity index is 813. The van der Waals surface area contributed by atoms with Crippen molar-refractivity contribution in [1.29, 1.82) is 0 Å². The average molecular weight is 360 g/mol. The number of imidazole rings is 1. The van der Waals surface area contributed by atoms with E-state index >= 15 is 0 Å². The molecule has 134 valence electrons. The molecule has 0 amide bonds. The second-order valence-electron chi connectivity index (χ2n) is 6.24. The van der Waals surface area contributed by atoms with Crippen LogP contribution in [0.1, 0.15) is 29.9 Å². The molecule has 1 saturated heterocycles. The number of hydrogen-bond donors (Lipinski definition) is 1. The van der Waals surface area contributed by atoms with Crippen molar-refractivity contribution in [3.05, 3.63) is 59.0 Å². The predicted octanol–water partition coefficient (Wildman–Crippen LogP) is 2.40. The quantitative estimate of drug-likeness (QED) is 0.889. The van der Waals surface area contributed by atoms with Gasteiger partial charge < -0.3 is 4.98 Å². The van der Waals surface area contributed by atoms with Crippen LogP contribution in [0.3, 0.4) is 0 Å². The number of H-pyrrole nitrogens is 1. The van der Waals surface area contributed by atoms with Crippen LogP contribution in [-0.4, -0.2) is 53.8 Å². The van der Waals surface area contributed by atoms with Gasteiger partial charge in [-0.25, -0.2) is 13.4 Å². The lowest BCUT2D eigenvalue weighted by Gasteiger charge is -2.38. The van der Waals surface area contributed by atoms with Crippen molar-refractivity contribution < 1.29 is 8.42 Å². The lowest BCUT2D eigenvalue weighted by atomic mass is 10.2. The minimum Gasteiger partial charge on any atom is -0.347 e. The first-order valence-electron chi connectivity index (χ1n) is 8.48. The standard InChI is InChI=1S/C18H24N4O2S/c1-3-21-11-12-22(14-17(21)18-19-9-10-20-18)25(23,24)13-8-16-6-4-15(2)5-7-16/h4-10,13,17H,3,11-12,14H2,1-2H3,(H,19,20)/b13-8+. The molecule has 0 aliphatic carbocycles. The van der Waals surface area contributed by atoms with Gasteiger partial charge in [0.15, 0.2) is 0 Å². The fraction of sp³-hybridized carbons (Fsp3) is 0.389. The number of aryl methyl sites for hydroxylation is 1. The molecule has 0 saturated carbocycles. The summed E-state index contributed by atoms with van der Waals surface area (Å²) < 4.78 is 27.0. The lowest BCUT2D eigenvalue weighted by molar-refractivity contribution is 0.120. The van der Waals surface area contributed by atoms with E-state index in [1.165, 1.54) is 9.71 Å². The molecule has 1 aromatic heterocycles. The molecule has 1 aromatic carbocycles. The molecule has 25 heavy (non-hydrogen) atoms. The third-order valence-corrected chi connectivity index (χ3v) is 6.10. The van der Waals surface area contributed by atoms with E-state index in [9.17, 15) is 8.42 Å². The number of likely N-dealkylation sites (N-methyl/N-ethyl adjacent to an activating group) is 1. The van der Waals surface area contributed by atoms with Gasteiger partial charge in [-0.05, 0) is 25.1 Å². The van der Waals surface area contributed by atoms with Crippen molar-refractivity contribution in [3.63, 3.8) is 0 Å². The summed E-state index contributed by atoms with van der Waals surface area (Å²) in [5, 5.41) is 1.30. The first-order chi connectivity index (χ1) is 12.0. The average Bonchev–Trinajstić information content (AvgIpc) is 3.15. The minimum absolute atomic E-state index is 0.0451. The molecule has 0 bridgehead atoms. The number of nitrogens with one attached hydrogen (secondary N) is 1. The van der Waals surface area contributed by atoms with Crippen LogP contribution in [0.5, 0.6) is 0 Å². The molecule has 1 unspecified atom stereocenters. The maximum atomic E-state index is 12.7. The van der Waals surface area contributed by atoms with E-state index in [0.717, 1.165) is 23.5 Å². The summed E-state index contributed by atoms with van der Waals surface area (Å²) in [6.07, 6.45) is 5.13. The van der Waals surface area contributed by atoms with Crippen LogP contribution in [0.2, 0.25) is 0 Å². The third-order valence-electron chi connectivity index (χ3n) is 4.56. The highest BCUT2D eigenvalue weighted by Crippen LogP contribution is 2.24. The first kappa shape index (κ1) is 17.8. The van der Waals surface area contributed by atoms with E-state index in [0.29, 0.717) is 19.6 Å². The molecule has 7 heteroatoms. The number of piperazine rings is 1. The third kappa shape index (κ3) is 4.18. The molecule has 0 spiro atoms. The Labute approximate surface area is 149 Å². The van der Waals surface area contributed by atoms with Gasteiger partial charge in [0.05, 0.1) is 6.04 Å². The Morgan fingerprint density at radius 3 is 2.68 bits per heavy atom. The number of aromatic nitrogens is 2. The monoisotopic (exact) mass is 360 g/mol. The summed E-state index contributed by atoms with van der Waals surface area (Å²) in [6.45, 7) is 6.54. The maximum absolute atomic E-state index is 12.7. The van der Waals surface area contributed by atoms with Crippen molar-refractivity contribution in [2.45, 2.75) is 19.9 Å². The van der Waals surface area contributed by atoms with E-state index in [1.54, 1.807) is 18.5 Å². The van der Waals surface area contributed by atoms with E-state index in [1.807, 2.05) is 31.2 Å². The van der Waals surface area contributed by atoms with Crippen molar-refractivity contribution in [3.8, 4) is 0 Å². The molecular weight excluding hydrogens is 336 g/mol. The van der Waals surface area contributed by atoms with Crippen molar-refractivity contribution in [1.82, 2.24) is 19.2 Å². The van der Waals surface area contributed by atoms with Gasteiger partial charge in [-0.3, -0.25) is 4.90 Å². The zero-order chi connectivity index (χ0) is 17.9. The molecule has 1 N–H and O–H groups in total. The molecule has 2 heterocycles. The van der Waals surface area contributed by atoms with E-state index in [2.05, 4.69) is 21.8 Å². The highest BCUT2D eigenvalue weighted by Gasteiger charge is 2.33. The fourth-order valence-corrected chi connectivity index (χ4v) is 4.24. The smallest absolute Gasteiger partial charge is 0.236 e. The second kappa shape index (κ2) is 7.51. The predicted molar refractivity (Wildman–Crippen MR) is 99.3 cm³/mol. The lowest BCUT2D eigenvalue weighted by Crippen LogP contribution is -2.50. The largest absolute Gasteiger partial charge is 0.347 e. The zero-order valence-corrected chi connectivity index (χ0v) is 15.4. The molecule has 6 nitrogen and oxygen atoms in total. The number of nitrogens with zero attached hydrogens (tertiary/aromatic N) is 3. The van der Waals surface area contributed by atoms with Crippen LogP contribution in [0.25, 0.3) is 6.08 Å². The molecule has 0 radical (unpaired) electrons. The van der Waals surface area contributed by atoms with Crippen LogP contribution in [0.4, 0.5) is 0 Å². The van der Waals surface area contributed by atoms with Crippen LogP contribution in [0, 0.1) is 6.92 Å². The topological polar surface area (TPSA) is 69.3 Å². The number of benzene rings is 1. The summed E-state index contributed by atoms with van der Waals surface area (Å²) in [4.78, 5) is 9.68. The first-order valence-corrected chi connectivity index (χ1v) is 9.98. The maximum Gasteiger partial charge on any atom is 0.236 e. The number of hydrogen-bond acceptors (Lipinski definition) is 4. The van der Waals surface area contributed by atoms with Crippen molar-refractivity contribution in [2.75, 3.05) is 26.2 Å². The molecule has 1 aliphatic rings. The Morgan fingerprint density at radius 2 is 2.04 bits per heavy atom. The van der Waals surface area contributed by atoms with Crippen LogP contribution in [-0.2, 0) is 10.0 Å². The van der Waals surface area contributed by atoms with Gasteiger partial charge in [0.25, 0.3) is 0 Å². The molecule has 1 fully saturated rings. The van der Waals surface area contributed by atoms with Gasteiger partial charge in [-0.2, -0.15) is 4.31 Å². The van der Waals surface area contributed by atoms with Gasteiger partial charge in [0.1, 0.15) is 5.82 Å². The summed E-state index contributed by atoms with van der Waals surface area (Å²) in [7, 11) is -3.46. The zero-order valence-electron chi connectivity index (χ0n) is 14.6. The van der Waals surface area contributed by atoms with Crippen molar-refractivity contribution >= 4 is 16.1 Å². The van der Waals surface area contributed by atoms with Crippen LogP contribution >= 0.6 is 0 Å². The summed E-state index contributed by atoms with van der Waals surface area (Å²) in [5.41, 5.74) is 2.03. The molecule has 1 atom stereocenters. The highest BCUT2D eigenvalue weighted by molar-refractivity contribution is 7.92. The summed E-state index contributed by atoms with van der Waals surface area (Å²) >= 11 is 0. The van der Waals surface area contributed by atoms with Crippen molar-refractivity contribution in [2.24, 2.45) is 0 Å². The number of rotatable bonds is 5. The second-order valence-corrected chi connectivity index (χ2v) is 8.05. The number of sulfonamides is 1. The van der Waals surface area contributed by atoms with Crippen LogP contribution < -0.4 is 0 Å². The van der Waals surface area contributed by atoms with Gasteiger partial charge >= 0.3 is 0 Å². The Kier molecular flexibility index (Phi) is 5.36. The highest BCUT2D eigenvalue weighted by atomic mass is 32.2. The van der Waals surface area contributed by atoms with E-state index in [4.69, 9.17) is 0 Å². The van der Waals surface area contributed by atoms with Gasteiger partial charge in [0, 0.05) is 37.4 Å². The van der Waals surface area contributed by atoms with Crippen LogP contribution in [0.15, 0.2) is 42.1 Å². The molecule has 1 aliphatic heterocycles. The SMILES string of the molecule is CCN1CCN(S(=O)(=O)/C=C/c2ccc(C)cc2)CC1c1ncc[nH]1. The number of aromatic amines is 1. The Morgan fingerprint density at radius 1 is 1.28 bits per heavy atom.